The van der Waals surface area contributed by atoms with Crippen molar-refractivity contribution in [3.63, 3.8) is 0 Å². The van der Waals surface area contributed by atoms with E-state index >= 15 is 0 Å². The average Bonchev–Trinajstić information content (AvgIpc) is 2.72. The summed E-state index contributed by atoms with van der Waals surface area (Å²) in [5.41, 5.74) is 3.74. The second kappa shape index (κ2) is 8.46. The van der Waals surface area contributed by atoms with Crippen LogP contribution in [0.1, 0.15) is 28.7 Å². The average molecular weight is 489 g/mol. The first kappa shape index (κ1) is 23.3. The van der Waals surface area contributed by atoms with Gasteiger partial charge in [-0.3, -0.25) is 9.03 Å². The van der Waals surface area contributed by atoms with E-state index in [0.717, 1.165) is 23.3 Å². The first-order valence-electron chi connectivity index (χ1n) is 10.5. The molecule has 174 valence electrons. The second-order valence-corrected chi connectivity index (χ2v) is 11.8. The number of nitrogens with one attached hydrogen (secondary N) is 1. The van der Waals surface area contributed by atoms with Crippen LogP contribution in [0.5, 0.6) is 0 Å². The Morgan fingerprint density at radius 3 is 2.15 bits per heavy atom. The maximum Gasteiger partial charge on any atom is 0.264 e. The molecule has 0 saturated carbocycles. The molecule has 1 N–H and O–H groups in total. The summed E-state index contributed by atoms with van der Waals surface area (Å²) in [6.07, 6.45) is 1.30. The van der Waals surface area contributed by atoms with Crippen LogP contribution in [0.3, 0.4) is 0 Å². The van der Waals surface area contributed by atoms with Crippen molar-refractivity contribution in [1.82, 2.24) is 0 Å². The highest BCUT2D eigenvalue weighted by molar-refractivity contribution is 7.93. The first-order chi connectivity index (χ1) is 15.5. The molecule has 1 aliphatic rings. The Balaban J connectivity index is 1.73. The van der Waals surface area contributed by atoms with Crippen LogP contribution >= 0.6 is 0 Å². The third-order valence-corrected chi connectivity index (χ3v) is 9.20. The number of nitrogens with zero attached hydrogens (tertiary/aromatic N) is 1. The van der Waals surface area contributed by atoms with Crippen molar-refractivity contribution < 1.29 is 21.2 Å². The lowest BCUT2D eigenvalue weighted by Gasteiger charge is -2.31. The minimum Gasteiger partial charge on any atom is -0.280 e. The number of anilines is 2. The Hall–Kier alpha value is -2.91. The standard InChI is InChI=1S/C24H25FN2O4S2/c1-16-13-17(2)24(18(3)14-16)32(28,29)26-21-9-6-19-5-4-12-27(23(19)15-21)33(30,31)22-10-7-20(25)8-11-22/h6-11,13-15,26H,4-5,12H2,1-3H3. The fourth-order valence-electron chi connectivity index (χ4n) is 4.38. The first-order valence-corrected chi connectivity index (χ1v) is 13.4. The highest BCUT2D eigenvalue weighted by Gasteiger charge is 2.30. The van der Waals surface area contributed by atoms with Gasteiger partial charge in [0, 0.05) is 6.54 Å². The molecule has 1 heterocycles. The summed E-state index contributed by atoms with van der Waals surface area (Å²) in [6, 6.07) is 13.2. The van der Waals surface area contributed by atoms with Crippen LogP contribution in [0.25, 0.3) is 0 Å². The second-order valence-electron chi connectivity index (χ2n) is 8.31. The minimum atomic E-state index is -3.93. The molecular formula is C24H25FN2O4S2. The molecular weight excluding hydrogens is 463 g/mol. The van der Waals surface area contributed by atoms with Crippen molar-refractivity contribution in [3.05, 3.63) is 82.7 Å². The van der Waals surface area contributed by atoms with Gasteiger partial charge >= 0.3 is 0 Å². The van der Waals surface area contributed by atoms with Crippen molar-refractivity contribution in [2.24, 2.45) is 0 Å². The van der Waals surface area contributed by atoms with Gasteiger partial charge in [0.05, 0.1) is 21.2 Å². The van der Waals surface area contributed by atoms with Crippen LogP contribution in [-0.4, -0.2) is 23.4 Å². The van der Waals surface area contributed by atoms with Gasteiger partial charge in [-0.05, 0) is 86.7 Å². The minimum absolute atomic E-state index is 0.0198. The quantitative estimate of drug-likeness (QED) is 0.565. The van der Waals surface area contributed by atoms with Gasteiger partial charge in [-0.2, -0.15) is 0 Å². The Morgan fingerprint density at radius 1 is 0.879 bits per heavy atom. The lowest BCUT2D eigenvalue weighted by atomic mass is 10.0. The summed E-state index contributed by atoms with van der Waals surface area (Å²) in [5.74, 6) is -0.522. The van der Waals surface area contributed by atoms with E-state index in [0.29, 0.717) is 29.7 Å². The van der Waals surface area contributed by atoms with Gasteiger partial charge in [0.15, 0.2) is 0 Å². The van der Waals surface area contributed by atoms with E-state index in [1.54, 1.807) is 32.0 Å². The summed E-state index contributed by atoms with van der Waals surface area (Å²) >= 11 is 0. The molecule has 0 unspecified atom stereocenters. The molecule has 3 aromatic carbocycles. The molecule has 0 bridgehead atoms. The van der Waals surface area contributed by atoms with Gasteiger partial charge in [-0.15, -0.1) is 0 Å². The number of hydrogen-bond donors (Lipinski definition) is 1. The zero-order chi connectivity index (χ0) is 24.0. The highest BCUT2D eigenvalue weighted by atomic mass is 32.2. The van der Waals surface area contributed by atoms with Gasteiger partial charge in [0.1, 0.15) is 5.82 Å². The van der Waals surface area contributed by atoms with Crippen molar-refractivity contribution in [1.29, 1.82) is 0 Å². The molecule has 0 saturated heterocycles. The van der Waals surface area contributed by atoms with E-state index in [-0.39, 0.29) is 22.0 Å². The van der Waals surface area contributed by atoms with E-state index in [4.69, 9.17) is 0 Å². The zero-order valence-electron chi connectivity index (χ0n) is 18.6. The van der Waals surface area contributed by atoms with Crippen molar-refractivity contribution in [3.8, 4) is 0 Å². The topological polar surface area (TPSA) is 83.6 Å². The third-order valence-electron chi connectivity index (χ3n) is 5.69. The van der Waals surface area contributed by atoms with Crippen LogP contribution in [0.4, 0.5) is 15.8 Å². The summed E-state index contributed by atoms with van der Waals surface area (Å²) in [6.45, 7) is 5.65. The number of sulfonamides is 2. The van der Waals surface area contributed by atoms with Gasteiger partial charge in [0.25, 0.3) is 20.0 Å². The third kappa shape index (κ3) is 4.47. The van der Waals surface area contributed by atoms with E-state index in [1.807, 2.05) is 19.1 Å². The Kier molecular flexibility index (Phi) is 5.96. The number of rotatable bonds is 5. The number of fused-ring (bicyclic) bond motifs is 1. The molecule has 4 rings (SSSR count). The van der Waals surface area contributed by atoms with Crippen molar-refractivity contribution >= 4 is 31.4 Å². The van der Waals surface area contributed by atoms with Crippen molar-refractivity contribution in [2.45, 2.75) is 43.4 Å². The number of aryl methyl sites for hydroxylation is 4. The Labute approximate surface area is 194 Å². The summed E-state index contributed by atoms with van der Waals surface area (Å²) in [7, 11) is -7.82. The largest absolute Gasteiger partial charge is 0.280 e. The van der Waals surface area contributed by atoms with Crippen LogP contribution in [0.2, 0.25) is 0 Å². The monoisotopic (exact) mass is 488 g/mol. The normalized spacial score (nSPS) is 14.1. The highest BCUT2D eigenvalue weighted by Crippen LogP contribution is 2.35. The van der Waals surface area contributed by atoms with Gasteiger partial charge in [-0.25, -0.2) is 21.2 Å². The van der Waals surface area contributed by atoms with Crippen molar-refractivity contribution in [2.75, 3.05) is 15.6 Å². The summed E-state index contributed by atoms with van der Waals surface area (Å²) in [4.78, 5) is 0.190. The molecule has 0 aromatic heterocycles. The number of hydrogen-bond acceptors (Lipinski definition) is 4. The van der Waals surface area contributed by atoms with Crippen LogP contribution in [-0.2, 0) is 26.5 Å². The van der Waals surface area contributed by atoms with Crippen LogP contribution in [0.15, 0.2) is 64.4 Å². The lowest BCUT2D eigenvalue weighted by Crippen LogP contribution is -2.35. The van der Waals surface area contributed by atoms with E-state index in [2.05, 4.69) is 4.72 Å². The molecule has 0 atom stereocenters. The van der Waals surface area contributed by atoms with Crippen LogP contribution < -0.4 is 9.03 Å². The molecule has 0 amide bonds. The summed E-state index contributed by atoms with van der Waals surface area (Å²) < 4.78 is 70.1. The van der Waals surface area contributed by atoms with E-state index < -0.39 is 25.9 Å². The zero-order valence-corrected chi connectivity index (χ0v) is 20.2. The molecule has 0 radical (unpaired) electrons. The van der Waals surface area contributed by atoms with Gasteiger partial charge in [-0.1, -0.05) is 23.8 Å². The molecule has 0 fully saturated rings. The molecule has 3 aromatic rings. The molecule has 0 spiro atoms. The molecule has 33 heavy (non-hydrogen) atoms. The van der Waals surface area contributed by atoms with E-state index in [1.165, 1.54) is 16.4 Å². The molecule has 1 aliphatic heterocycles. The van der Waals surface area contributed by atoms with Gasteiger partial charge < -0.3 is 0 Å². The molecule has 9 heteroatoms. The van der Waals surface area contributed by atoms with E-state index in [9.17, 15) is 21.2 Å². The maximum atomic E-state index is 13.3. The predicted octanol–water partition coefficient (Wildman–Crippen LogP) is 4.69. The van der Waals surface area contributed by atoms with Crippen LogP contribution in [0, 0.1) is 26.6 Å². The lowest BCUT2D eigenvalue weighted by molar-refractivity contribution is 0.585. The Bertz CT molecular complexity index is 1410. The fourth-order valence-corrected chi connectivity index (χ4v) is 7.42. The molecule has 6 nitrogen and oxygen atoms in total. The smallest absolute Gasteiger partial charge is 0.264 e. The fraction of sp³-hybridized carbons (Fsp3) is 0.250. The molecule has 0 aliphatic carbocycles. The number of benzene rings is 3. The predicted molar refractivity (Wildman–Crippen MR) is 127 cm³/mol. The Morgan fingerprint density at radius 2 is 1.52 bits per heavy atom. The van der Waals surface area contributed by atoms with Gasteiger partial charge in [0.2, 0.25) is 0 Å². The summed E-state index contributed by atoms with van der Waals surface area (Å²) in [5, 5.41) is 0. The SMILES string of the molecule is Cc1cc(C)c(S(=O)(=O)Nc2ccc3c(c2)N(S(=O)(=O)c2ccc(F)cc2)CCC3)c(C)c1. The number of halogens is 1. The maximum absolute atomic E-state index is 13.3.